The molecule has 4 heterocycles. The van der Waals surface area contributed by atoms with Crippen molar-refractivity contribution in [3.63, 3.8) is 0 Å². The number of aromatic nitrogens is 4. The number of nitrogens with one attached hydrogen (secondary N) is 1. The highest BCUT2D eigenvalue weighted by molar-refractivity contribution is 7.98. The smallest absolute Gasteiger partial charge is 0.191 e. The molecule has 35 heavy (non-hydrogen) atoms. The van der Waals surface area contributed by atoms with Crippen molar-refractivity contribution in [1.82, 2.24) is 19.9 Å². The minimum Gasteiger partial charge on any atom is -0.367 e. The Hall–Kier alpha value is -3.91. The predicted octanol–water partition coefficient (Wildman–Crippen LogP) is 5.37. The second-order valence-corrected chi connectivity index (χ2v) is 9.28. The third-order valence-electron chi connectivity index (χ3n) is 6.39. The molecule has 1 N–H and O–H groups in total. The largest absolute Gasteiger partial charge is 0.367 e. The molecular weight excluding hydrogens is 454 g/mol. The quantitative estimate of drug-likeness (QED) is 0.267. The van der Waals surface area contributed by atoms with Gasteiger partial charge in [0, 0.05) is 84.6 Å². The first kappa shape index (κ1) is 21.6. The summed E-state index contributed by atoms with van der Waals surface area (Å²) in [6.07, 6.45) is 9.51. The summed E-state index contributed by atoms with van der Waals surface area (Å²) < 4.78 is 0. The molecule has 1 fully saturated rings. The Balaban J connectivity index is 1.22. The monoisotopic (exact) mass is 479 g/mol. The van der Waals surface area contributed by atoms with Crippen molar-refractivity contribution in [2.45, 2.75) is 5.16 Å². The zero-order valence-corrected chi connectivity index (χ0v) is 20.2. The molecule has 0 spiro atoms. The predicted molar refractivity (Wildman–Crippen MR) is 145 cm³/mol. The van der Waals surface area contributed by atoms with E-state index < -0.39 is 0 Å². The van der Waals surface area contributed by atoms with Crippen molar-refractivity contribution in [1.29, 1.82) is 0 Å². The SMILES string of the molecule is CSc1nc(Nc2ccc3cnccc3c2)cc(N2CCN(c3cccc4cnccc34)CC2)n1. The lowest BCUT2D eigenvalue weighted by atomic mass is 10.1. The Morgan fingerprint density at radius 3 is 2.43 bits per heavy atom. The molecule has 0 atom stereocenters. The molecule has 3 aromatic heterocycles. The molecule has 7 nitrogen and oxygen atoms in total. The third kappa shape index (κ3) is 4.44. The van der Waals surface area contributed by atoms with Crippen LogP contribution in [0.3, 0.4) is 0 Å². The van der Waals surface area contributed by atoms with Crippen LogP contribution in [0.5, 0.6) is 0 Å². The van der Waals surface area contributed by atoms with E-state index in [1.807, 2.05) is 37.1 Å². The van der Waals surface area contributed by atoms with E-state index in [2.05, 4.69) is 73.6 Å². The van der Waals surface area contributed by atoms with Crippen LogP contribution in [0.1, 0.15) is 0 Å². The third-order valence-corrected chi connectivity index (χ3v) is 6.94. The summed E-state index contributed by atoms with van der Waals surface area (Å²) in [5, 5.41) is 8.93. The van der Waals surface area contributed by atoms with Crippen molar-refractivity contribution in [3.8, 4) is 0 Å². The molecule has 6 rings (SSSR count). The normalized spacial score (nSPS) is 14.0. The Morgan fingerprint density at radius 2 is 1.57 bits per heavy atom. The molecule has 174 valence electrons. The van der Waals surface area contributed by atoms with E-state index in [1.165, 1.54) is 16.5 Å². The van der Waals surface area contributed by atoms with Gasteiger partial charge in [-0.2, -0.15) is 0 Å². The van der Waals surface area contributed by atoms with E-state index >= 15 is 0 Å². The van der Waals surface area contributed by atoms with Crippen LogP contribution >= 0.6 is 11.8 Å². The van der Waals surface area contributed by atoms with Gasteiger partial charge in [-0.05, 0) is 42.0 Å². The van der Waals surface area contributed by atoms with Crippen LogP contribution in [0, 0.1) is 0 Å². The summed E-state index contributed by atoms with van der Waals surface area (Å²) >= 11 is 1.56. The Labute approximate surface area is 208 Å². The molecule has 2 aromatic carbocycles. The molecule has 0 saturated carbocycles. The Kier molecular flexibility index (Phi) is 5.79. The number of anilines is 4. The highest BCUT2D eigenvalue weighted by Gasteiger charge is 2.21. The van der Waals surface area contributed by atoms with E-state index in [-0.39, 0.29) is 0 Å². The minimum absolute atomic E-state index is 0.763. The van der Waals surface area contributed by atoms with Crippen LogP contribution in [0.4, 0.5) is 23.0 Å². The highest BCUT2D eigenvalue weighted by atomic mass is 32.2. The molecular formula is C27H25N7S. The number of piperazine rings is 1. The Bertz CT molecular complexity index is 1490. The standard InChI is InChI=1S/C27H25N7S/c1-35-27-31-25(30-22-6-5-20-17-28-9-7-19(20)15-22)16-26(32-27)34-13-11-33(12-14-34)24-4-2-3-21-18-29-10-8-23(21)24/h2-10,15-18H,11-14H2,1H3,(H,30,31,32). The number of hydrogen-bond acceptors (Lipinski definition) is 8. The van der Waals surface area contributed by atoms with Gasteiger partial charge in [-0.25, -0.2) is 9.97 Å². The first-order valence-electron chi connectivity index (χ1n) is 11.6. The van der Waals surface area contributed by atoms with E-state index in [0.717, 1.165) is 59.4 Å². The van der Waals surface area contributed by atoms with E-state index in [4.69, 9.17) is 9.97 Å². The average molecular weight is 480 g/mol. The highest BCUT2D eigenvalue weighted by Crippen LogP contribution is 2.29. The van der Waals surface area contributed by atoms with Gasteiger partial charge in [0.2, 0.25) is 0 Å². The number of hydrogen-bond donors (Lipinski definition) is 1. The molecule has 0 aliphatic carbocycles. The molecule has 0 unspecified atom stereocenters. The molecule has 0 bridgehead atoms. The number of thioether (sulfide) groups is 1. The molecule has 1 saturated heterocycles. The molecule has 1 aliphatic rings. The van der Waals surface area contributed by atoms with Gasteiger partial charge in [0.15, 0.2) is 5.16 Å². The van der Waals surface area contributed by atoms with Crippen LogP contribution in [0.2, 0.25) is 0 Å². The van der Waals surface area contributed by atoms with Gasteiger partial charge in [-0.3, -0.25) is 9.97 Å². The van der Waals surface area contributed by atoms with Crippen molar-refractivity contribution >= 4 is 56.3 Å². The fourth-order valence-corrected chi connectivity index (χ4v) is 4.97. The lowest BCUT2D eigenvalue weighted by Crippen LogP contribution is -2.47. The van der Waals surface area contributed by atoms with Gasteiger partial charge in [-0.15, -0.1) is 0 Å². The number of fused-ring (bicyclic) bond motifs is 2. The van der Waals surface area contributed by atoms with Crippen LogP contribution in [-0.4, -0.2) is 52.4 Å². The summed E-state index contributed by atoms with van der Waals surface area (Å²) in [6.45, 7) is 3.66. The summed E-state index contributed by atoms with van der Waals surface area (Å²) in [4.78, 5) is 22.8. The number of benzene rings is 2. The number of rotatable bonds is 5. The van der Waals surface area contributed by atoms with E-state index in [0.29, 0.717) is 0 Å². The van der Waals surface area contributed by atoms with Crippen molar-refractivity contribution in [2.24, 2.45) is 0 Å². The van der Waals surface area contributed by atoms with Crippen molar-refractivity contribution < 1.29 is 0 Å². The zero-order chi connectivity index (χ0) is 23.6. The van der Waals surface area contributed by atoms with Crippen LogP contribution in [0.15, 0.2) is 84.5 Å². The van der Waals surface area contributed by atoms with Gasteiger partial charge < -0.3 is 15.1 Å². The van der Waals surface area contributed by atoms with Crippen LogP contribution < -0.4 is 15.1 Å². The summed E-state index contributed by atoms with van der Waals surface area (Å²) in [5.41, 5.74) is 2.27. The van der Waals surface area contributed by atoms with Gasteiger partial charge in [-0.1, -0.05) is 30.0 Å². The zero-order valence-electron chi connectivity index (χ0n) is 19.4. The number of nitrogens with zero attached hydrogens (tertiary/aromatic N) is 6. The Morgan fingerprint density at radius 1 is 0.771 bits per heavy atom. The molecule has 0 amide bonds. The average Bonchev–Trinajstić information content (AvgIpc) is 2.92. The second-order valence-electron chi connectivity index (χ2n) is 8.51. The first-order chi connectivity index (χ1) is 17.3. The van der Waals surface area contributed by atoms with Gasteiger partial charge in [0.25, 0.3) is 0 Å². The molecule has 0 radical (unpaired) electrons. The molecule has 1 aliphatic heterocycles. The van der Waals surface area contributed by atoms with Crippen LogP contribution in [-0.2, 0) is 0 Å². The maximum absolute atomic E-state index is 4.82. The maximum atomic E-state index is 4.82. The summed E-state index contributed by atoms with van der Waals surface area (Å²) in [7, 11) is 0. The molecule has 5 aromatic rings. The fraction of sp³-hybridized carbons (Fsp3) is 0.185. The lowest BCUT2D eigenvalue weighted by Gasteiger charge is -2.37. The van der Waals surface area contributed by atoms with Gasteiger partial charge in [0.1, 0.15) is 11.6 Å². The molecule has 8 heteroatoms. The second kappa shape index (κ2) is 9.38. The first-order valence-corrected chi connectivity index (χ1v) is 12.9. The van der Waals surface area contributed by atoms with Crippen molar-refractivity contribution in [3.05, 3.63) is 79.4 Å². The topological polar surface area (TPSA) is 70.1 Å². The summed E-state index contributed by atoms with van der Waals surface area (Å²) in [5.74, 6) is 1.76. The van der Waals surface area contributed by atoms with E-state index in [1.54, 1.807) is 11.8 Å². The lowest BCUT2D eigenvalue weighted by molar-refractivity contribution is 0.645. The van der Waals surface area contributed by atoms with E-state index in [9.17, 15) is 0 Å². The summed E-state index contributed by atoms with van der Waals surface area (Å²) in [6, 6.07) is 18.9. The fourth-order valence-electron chi connectivity index (χ4n) is 4.60. The van der Waals surface area contributed by atoms with Crippen molar-refractivity contribution in [2.75, 3.05) is 47.6 Å². The number of pyridine rings is 2. The van der Waals surface area contributed by atoms with Gasteiger partial charge >= 0.3 is 0 Å². The van der Waals surface area contributed by atoms with Crippen LogP contribution in [0.25, 0.3) is 21.5 Å². The van der Waals surface area contributed by atoms with Gasteiger partial charge in [0.05, 0.1) is 0 Å². The minimum atomic E-state index is 0.763. The maximum Gasteiger partial charge on any atom is 0.191 e.